The van der Waals surface area contributed by atoms with Crippen molar-refractivity contribution in [3.63, 3.8) is 0 Å². The Labute approximate surface area is 137 Å². The zero-order valence-electron chi connectivity index (χ0n) is 11.7. The minimum absolute atomic E-state index is 0.150. The van der Waals surface area contributed by atoms with Crippen molar-refractivity contribution in [2.75, 3.05) is 6.54 Å². The van der Waals surface area contributed by atoms with Crippen LogP contribution in [0.4, 0.5) is 0 Å². The van der Waals surface area contributed by atoms with Crippen LogP contribution in [0.2, 0.25) is 0 Å². The van der Waals surface area contributed by atoms with Crippen molar-refractivity contribution in [2.24, 2.45) is 0 Å². The molecule has 1 atom stereocenters. The lowest BCUT2D eigenvalue weighted by molar-refractivity contribution is 0.519. The normalized spacial score (nSPS) is 12.6. The number of aryl methyl sites for hydroxylation is 1. The van der Waals surface area contributed by atoms with E-state index in [1.54, 1.807) is 0 Å². The van der Waals surface area contributed by atoms with E-state index in [1.807, 2.05) is 6.20 Å². The van der Waals surface area contributed by atoms with Crippen molar-refractivity contribution in [3.8, 4) is 0 Å². The van der Waals surface area contributed by atoms with Crippen molar-refractivity contribution in [1.29, 1.82) is 0 Å². The highest BCUT2D eigenvalue weighted by atomic mass is 79.9. The molecule has 0 radical (unpaired) electrons. The van der Waals surface area contributed by atoms with Crippen LogP contribution in [0.3, 0.4) is 0 Å². The summed E-state index contributed by atoms with van der Waals surface area (Å²) in [7, 11) is 0. The molecule has 0 saturated heterocycles. The molecule has 3 nitrogen and oxygen atoms in total. The van der Waals surface area contributed by atoms with E-state index in [-0.39, 0.29) is 6.04 Å². The predicted molar refractivity (Wildman–Crippen MR) is 89.9 cm³/mol. The Morgan fingerprint density at radius 1 is 1.20 bits per heavy atom. The third-order valence-corrected chi connectivity index (χ3v) is 4.29. The lowest BCUT2D eigenvalue weighted by atomic mass is 10.0. The first kappa shape index (κ1) is 15.7. The first-order valence-corrected chi connectivity index (χ1v) is 8.46. The fraction of sp³-hybridized carbons (Fsp3) is 0.400. The highest BCUT2D eigenvalue weighted by Gasteiger charge is 2.20. The number of aromatic nitrogens is 2. The van der Waals surface area contributed by atoms with Crippen LogP contribution < -0.4 is 5.32 Å². The van der Waals surface area contributed by atoms with Crippen LogP contribution in [0.5, 0.6) is 0 Å². The summed E-state index contributed by atoms with van der Waals surface area (Å²) in [6.45, 7) is 6.13. The second-order valence-corrected chi connectivity index (χ2v) is 6.41. The van der Waals surface area contributed by atoms with Gasteiger partial charge in [-0.2, -0.15) is 5.10 Å². The lowest BCUT2D eigenvalue weighted by Crippen LogP contribution is -2.25. The SMILES string of the molecule is CCCn1ncc(Br)c1C(NCC)c1ccc(Br)cc1. The summed E-state index contributed by atoms with van der Waals surface area (Å²) in [6.07, 6.45) is 2.95. The Hall–Kier alpha value is -0.650. The fourth-order valence-electron chi connectivity index (χ4n) is 2.28. The van der Waals surface area contributed by atoms with Gasteiger partial charge >= 0.3 is 0 Å². The smallest absolute Gasteiger partial charge is 0.0759 e. The number of rotatable bonds is 6. The average Bonchev–Trinajstić information content (AvgIpc) is 2.79. The van der Waals surface area contributed by atoms with Gasteiger partial charge in [0.2, 0.25) is 0 Å². The third-order valence-electron chi connectivity index (χ3n) is 3.15. The molecule has 0 fully saturated rings. The maximum Gasteiger partial charge on any atom is 0.0759 e. The predicted octanol–water partition coefficient (Wildman–Crippen LogP) is 4.52. The average molecular weight is 401 g/mol. The number of nitrogens with zero attached hydrogens (tertiary/aromatic N) is 2. The molecule has 0 amide bonds. The maximum atomic E-state index is 4.47. The van der Waals surface area contributed by atoms with Crippen molar-refractivity contribution in [2.45, 2.75) is 32.9 Å². The second kappa shape index (κ2) is 7.38. The number of benzene rings is 1. The van der Waals surface area contributed by atoms with E-state index in [2.05, 4.69) is 85.1 Å². The Morgan fingerprint density at radius 2 is 1.90 bits per heavy atom. The topological polar surface area (TPSA) is 29.9 Å². The summed E-state index contributed by atoms with van der Waals surface area (Å²) in [5.41, 5.74) is 2.43. The van der Waals surface area contributed by atoms with Crippen LogP contribution in [0.25, 0.3) is 0 Å². The Morgan fingerprint density at radius 3 is 2.50 bits per heavy atom. The van der Waals surface area contributed by atoms with E-state index < -0.39 is 0 Å². The molecule has 0 saturated carbocycles. The van der Waals surface area contributed by atoms with E-state index in [4.69, 9.17) is 0 Å². The summed E-state index contributed by atoms with van der Waals surface area (Å²) in [5, 5.41) is 8.03. The fourth-order valence-corrected chi connectivity index (χ4v) is 3.07. The number of nitrogens with one attached hydrogen (secondary N) is 1. The first-order chi connectivity index (χ1) is 9.67. The van der Waals surface area contributed by atoms with E-state index >= 15 is 0 Å². The van der Waals surface area contributed by atoms with Crippen molar-refractivity contribution in [1.82, 2.24) is 15.1 Å². The molecule has 5 heteroatoms. The van der Waals surface area contributed by atoms with Crippen molar-refractivity contribution < 1.29 is 0 Å². The highest BCUT2D eigenvalue weighted by molar-refractivity contribution is 9.10. The van der Waals surface area contributed by atoms with E-state index in [9.17, 15) is 0 Å². The monoisotopic (exact) mass is 399 g/mol. The highest BCUT2D eigenvalue weighted by Crippen LogP contribution is 2.29. The molecule has 1 aromatic carbocycles. The van der Waals surface area contributed by atoms with Gasteiger partial charge in [0.1, 0.15) is 0 Å². The molecule has 0 aliphatic rings. The standard InChI is InChI=1S/C15H19Br2N3/c1-3-9-20-15(13(17)10-19-20)14(18-4-2)11-5-7-12(16)8-6-11/h5-8,10,14,18H,3-4,9H2,1-2H3. The summed E-state index contributed by atoms with van der Waals surface area (Å²) in [4.78, 5) is 0. The zero-order valence-corrected chi connectivity index (χ0v) is 14.9. The molecule has 1 unspecified atom stereocenters. The molecule has 1 N–H and O–H groups in total. The molecule has 1 heterocycles. The number of halogens is 2. The summed E-state index contributed by atoms with van der Waals surface area (Å²) < 4.78 is 4.23. The summed E-state index contributed by atoms with van der Waals surface area (Å²) in [5.74, 6) is 0. The summed E-state index contributed by atoms with van der Waals surface area (Å²) >= 11 is 7.13. The minimum atomic E-state index is 0.150. The first-order valence-electron chi connectivity index (χ1n) is 6.87. The Kier molecular flexibility index (Phi) is 5.81. The van der Waals surface area contributed by atoms with Gasteiger partial charge in [0.05, 0.1) is 22.4 Å². The maximum absolute atomic E-state index is 4.47. The molecule has 0 spiro atoms. The quantitative estimate of drug-likeness (QED) is 0.772. The van der Waals surface area contributed by atoms with Crippen LogP contribution in [0.1, 0.15) is 37.6 Å². The van der Waals surface area contributed by atoms with E-state index in [0.717, 1.165) is 28.5 Å². The molecule has 0 aliphatic carbocycles. The zero-order chi connectivity index (χ0) is 14.5. The van der Waals surface area contributed by atoms with Crippen molar-refractivity contribution in [3.05, 3.63) is 50.7 Å². The number of hydrogen-bond acceptors (Lipinski definition) is 2. The summed E-state index contributed by atoms with van der Waals surface area (Å²) in [6, 6.07) is 8.60. The number of hydrogen-bond donors (Lipinski definition) is 1. The molecule has 1 aromatic heterocycles. The minimum Gasteiger partial charge on any atom is -0.305 e. The lowest BCUT2D eigenvalue weighted by Gasteiger charge is -2.20. The third kappa shape index (κ3) is 3.51. The van der Waals surface area contributed by atoms with Crippen LogP contribution in [0.15, 0.2) is 39.4 Å². The molecule has 0 bridgehead atoms. The van der Waals surface area contributed by atoms with E-state index in [1.165, 1.54) is 11.3 Å². The molecular formula is C15H19Br2N3. The van der Waals surface area contributed by atoms with Crippen LogP contribution in [-0.2, 0) is 6.54 Å². The van der Waals surface area contributed by atoms with Crippen molar-refractivity contribution >= 4 is 31.9 Å². The largest absolute Gasteiger partial charge is 0.305 e. The van der Waals surface area contributed by atoms with Gasteiger partial charge in [-0.05, 0) is 46.6 Å². The van der Waals surface area contributed by atoms with Gasteiger partial charge in [0, 0.05) is 11.0 Å². The van der Waals surface area contributed by atoms with Gasteiger partial charge in [0.25, 0.3) is 0 Å². The Bertz CT molecular complexity index is 549. The molecule has 2 rings (SSSR count). The molecule has 108 valence electrons. The van der Waals surface area contributed by atoms with Gasteiger partial charge in [-0.3, -0.25) is 4.68 Å². The van der Waals surface area contributed by atoms with Crippen LogP contribution in [-0.4, -0.2) is 16.3 Å². The Balaban J connectivity index is 2.42. The molecular weight excluding hydrogens is 382 g/mol. The van der Waals surface area contributed by atoms with Crippen LogP contribution >= 0.6 is 31.9 Å². The van der Waals surface area contributed by atoms with Gasteiger partial charge < -0.3 is 5.32 Å². The molecule has 2 aromatic rings. The van der Waals surface area contributed by atoms with Gasteiger partial charge in [-0.15, -0.1) is 0 Å². The van der Waals surface area contributed by atoms with Gasteiger partial charge in [-0.25, -0.2) is 0 Å². The molecule has 20 heavy (non-hydrogen) atoms. The molecule has 0 aliphatic heterocycles. The second-order valence-electron chi connectivity index (χ2n) is 4.64. The van der Waals surface area contributed by atoms with Crippen LogP contribution in [0, 0.1) is 0 Å². The van der Waals surface area contributed by atoms with E-state index in [0.29, 0.717) is 0 Å². The van der Waals surface area contributed by atoms with Gasteiger partial charge in [-0.1, -0.05) is 41.9 Å². The van der Waals surface area contributed by atoms with Gasteiger partial charge in [0.15, 0.2) is 0 Å².